The van der Waals surface area contributed by atoms with Crippen LogP contribution in [0.1, 0.15) is 19.4 Å². The first kappa shape index (κ1) is 13.5. The van der Waals surface area contributed by atoms with Gasteiger partial charge in [0.2, 0.25) is 0 Å². The summed E-state index contributed by atoms with van der Waals surface area (Å²) in [5.41, 5.74) is 1.32. The predicted molar refractivity (Wildman–Crippen MR) is 68.6 cm³/mol. The van der Waals surface area contributed by atoms with Gasteiger partial charge in [0.1, 0.15) is 0 Å². The molecular formula is C12H16N2O2S. The Morgan fingerprint density at radius 1 is 1.47 bits per heavy atom. The molecule has 0 fully saturated rings. The third-order valence-corrected chi connectivity index (χ3v) is 4.24. The van der Waals surface area contributed by atoms with Crippen molar-refractivity contribution in [2.75, 3.05) is 16.8 Å². The minimum absolute atomic E-state index is 0.0975. The molecule has 0 aliphatic rings. The first-order valence-corrected chi connectivity index (χ1v) is 7.26. The summed E-state index contributed by atoms with van der Waals surface area (Å²) in [6.45, 7) is 3.45. The highest BCUT2D eigenvalue weighted by Crippen LogP contribution is 2.11. The average molecular weight is 252 g/mol. The number of anilines is 1. The van der Waals surface area contributed by atoms with Crippen molar-refractivity contribution >= 4 is 15.5 Å². The summed E-state index contributed by atoms with van der Waals surface area (Å²) in [6.07, 6.45) is 0. The van der Waals surface area contributed by atoms with Gasteiger partial charge in [0.05, 0.1) is 17.4 Å². The summed E-state index contributed by atoms with van der Waals surface area (Å²) in [6, 6.07) is 8.86. The Hall–Kier alpha value is -1.54. The Bertz CT molecular complexity index is 518. The van der Waals surface area contributed by atoms with Crippen LogP contribution in [0, 0.1) is 11.3 Å². The van der Waals surface area contributed by atoms with Gasteiger partial charge in [-0.05, 0) is 25.1 Å². The normalized spacial score (nSPS) is 12.8. The van der Waals surface area contributed by atoms with Crippen LogP contribution in [0.25, 0.3) is 0 Å². The molecule has 1 atom stereocenters. The van der Waals surface area contributed by atoms with Crippen LogP contribution >= 0.6 is 0 Å². The first-order chi connectivity index (χ1) is 7.96. The Labute approximate surface area is 102 Å². The van der Waals surface area contributed by atoms with E-state index in [1.54, 1.807) is 25.1 Å². The molecule has 5 heteroatoms. The third kappa shape index (κ3) is 4.45. The van der Waals surface area contributed by atoms with E-state index >= 15 is 0 Å². The number of hydrogen-bond acceptors (Lipinski definition) is 4. The fourth-order valence-electron chi connectivity index (χ4n) is 1.50. The summed E-state index contributed by atoms with van der Waals surface area (Å²) in [4.78, 5) is 0. The molecule has 0 bridgehead atoms. The zero-order chi connectivity index (χ0) is 12.9. The maximum atomic E-state index is 11.4. The summed E-state index contributed by atoms with van der Waals surface area (Å²) in [5, 5.41) is 11.8. The second kappa shape index (κ2) is 5.69. The van der Waals surface area contributed by atoms with E-state index in [2.05, 4.69) is 5.32 Å². The lowest BCUT2D eigenvalue weighted by atomic mass is 10.2. The van der Waals surface area contributed by atoms with Gasteiger partial charge >= 0.3 is 0 Å². The molecule has 0 amide bonds. The number of benzene rings is 1. The Morgan fingerprint density at radius 2 is 2.18 bits per heavy atom. The lowest BCUT2D eigenvalue weighted by Gasteiger charge is -2.14. The molecule has 0 saturated carbocycles. The van der Waals surface area contributed by atoms with Crippen molar-refractivity contribution in [3.05, 3.63) is 29.8 Å². The second-order valence-corrected chi connectivity index (χ2v) is 6.33. The maximum Gasteiger partial charge on any atom is 0.152 e. The van der Waals surface area contributed by atoms with Crippen molar-refractivity contribution in [2.24, 2.45) is 0 Å². The van der Waals surface area contributed by atoms with Crippen LogP contribution in [0.3, 0.4) is 0 Å². The minimum Gasteiger partial charge on any atom is -0.382 e. The van der Waals surface area contributed by atoms with Gasteiger partial charge in [0.25, 0.3) is 0 Å². The monoisotopic (exact) mass is 252 g/mol. The number of nitrogens with zero attached hydrogens (tertiary/aromatic N) is 1. The van der Waals surface area contributed by atoms with E-state index < -0.39 is 9.84 Å². The van der Waals surface area contributed by atoms with Crippen molar-refractivity contribution in [1.82, 2.24) is 0 Å². The molecule has 0 aliphatic heterocycles. The highest BCUT2D eigenvalue weighted by molar-refractivity contribution is 7.91. The van der Waals surface area contributed by atoms with Gasteiger partial charge in [-0.25, -0.2) is 8.42 Å². The predicted octanol–water partition coefficient (Wildman–Crippen LogP) is 1.79. The largest absolute Gasteiger partial charge is 0.382 e. The maximum absolute atomic E-state index is 11.4. The molecule has 0 spiro atoms. The van der Waals surface area contributed by atoms with E-state index in [1.165, 1.54) is 0 Å². The zero-order valence-electron chi connectivity index (χ0n) is 9.97. The highest BCUT2D eigenvalue weighted by Gasteiger charge is 2.13. The van der Waals surface area contributed by atoms with Crippen molar-refractivity contribution in [3.8, 4) is 6.07 Å². The van der Waals surface area contributed by atoms with E-state index in [1.807, 2.05) is 19.1 Å². The van der Waals surface area contributed by atoms with Crippen molar-refractivity contribution < 1.29 is 8.42 Å². The molecule has 1 aromatic rings. The number of nitrogens with one attached hydrogen (secondary N) is 1. The quantitative estimate of drug-likeness (QED) is 0.867. The molecule has 0 saturated heterocycles. The fourth-order valence-corrected chi connectivity index (χ4v) is 2.58. The van der Waals surface area contributed by atoms with E-state index in [0.717, 1.165) is 5.69 Å². The van der Waals surface area contributed by atoms with Crippen LogP contribution < -0.4 is 5.32 Å². The topological polar surface area (TPSA) is 70.0 Å². The molecule has 0 aromatic heterocycles. The Kier molecular flexibility index (Phi) is 4.53. The highest BCUT2D eigenvalue weighted by atomic mass is 32.2. The van der Waals surface area contributed by atoms with Crippen LogP contribution in [-0.4, -0.2) is 26.0 Å². The molecule has 1 rings (SSSR count). The molecule has 1 N–H and O–H groups in total. The summed E-state index contributed by atoms with van der Waals surface area (Å²) in [5.74, 6) is 0.248. The SMILES string of the molecule is CCS(=O)(=O)CC(C)Nc1cccc(C#N)c1. The van der Waals surface area contributed by atoms with Gasteiger partial charge in [-0.15, -0.1) is 0 Å². The van der Waals surface area contributed by atoms with Gasteiger partial charge in [0, 0.05) is 17.5 Å². The molecule has 1 aromatic carbocycles. The second-order valence-electron chi connectivity index (χ2n) is 3.94. The Morgan fingerprint density at radius 3 is 2.76 bits per heavy atom. The molecule has 4 nitrogen and oxygen atoms in total. The molecule has 0 radical (unpaired) electrons. The van der Waals surface area contributed by atoms with Crippen LogP contribution in [-0.2, 0) is 9.84 Å². The molecule has 92 valence electrons. The molecule has 1 unspecified atom stereocenters. The lowest BCUT2D eigenvalue weighted by Crippen LogP contribution is -2.26. The van der Waals surface area contributed by atoms with Crippen molar-refractivity contribution in [1.29, 1.82) is 5.26 Å². The smallest absolute Gasteiger partial charge is 0.152 e. The third-order valence-electron chi connectivity index (χ3n) is 2.35. The summed E-state index contributed by atoms with van der Waals surface area (Å²) < 4.78 is 22.9. The van der Waals surface area contributed by atoms with Crippen LogP contribution in [0.2, 0.25) is 0 Å². The van der Waals surface area contributed by atoms with Gasteiger partial charge < -0.3 is 5.32 Å². The first-order valence-electron chi connectivity index (χ1n) is 5.44. The van der Waals surface area contributed by atoms with Gasteiger partial charge in [-0.1, -0.05) is 13.0 Å². The average Bonchev–Trinajstić information content (AvgIpc) is 2.28. The summed E-state index contributed by atoms with van der Waals surface area (Å²) in [7, 11) is -2.98. The van der Waals surface area contributed by atoms with Gasteiger partial charge in [-0.2, -0.15) is 5.26 Å². The van der Waals surface area contributed by atoms with Crippen molar-refractivity contribution in [2.45, 2.75) is 19.9 Å². The van der Waals surface area contributed by atoms with Crippen LogP contribution in [0.15, 0.2) is 24.3 Å². The van der Waals surface area contributed by atoms with Crippen LogP contribution in [0.5, 0.6) is 0 Å². The van der Waals surface area contributed by atoms with E-state index in [-0.39, 0.29) is 17.5 Å². The standard InChI is InChI=1S/C12H16N2O2S/c1-3-17(15,16)9-10(2)14-12-6-4-5-11(7-12)8-13/h4-7,10,14H,3,9H2,1-2H3. The van der Waals surface area contributed by atoms with Gasteiger partial charge in [0.15, 0.2) is 9.84 Å². The molecular weight excluding hydrogens is 236 g/mol. The molecule has 0 heterocycles. The van der Waals surface area contributed by atoms with Crippen molar-refractivity contribution in [3.63, 3.8) is 0 Å². The molecule has 17 heavy (non-hydrogen) atoms. The number of nitriles is 1. The number of hydrogen-bond donors (Lipinski definition) is 1. The lowest BCUT2D eigenvalue weighted by molar-refractivity contribution is 0.593. The molecule has 0 aliphatic carbocycles. The number of sulfone groups is 1. The summed E-state index contributed by atoms with van der Waals surface area (Å²) >= 11 is 0. The fraction of sp³-hybridized carbons (Fsp3) is 0.417. The zero-order valence-corrected chi connectivity index (χ0v) is 10.8. The van der Waals surface area contributed by atoms with E-state index in [9.17, 15) is 8.42 Å². The number of rotatable bonds is 5. The minimum atomic E-state index is -2.98. The Balaban J connectivity index is 2.69. The van der Waals surface area contributed by atoms with E-state index in [4.69, 9.17) is 5.26 Å². The van der Waals surface area contributed by atoms with Crippen LogP contribution in [0.4, 0.5) is 5.69 Å². The van der Waals surface area contributed by atoms with E-state index in [0.29, 0.717) is 5.56 Å². The van der Waals surface area contributed by atoms with Gasteiger partial charge in [-0.3, -0.25) is 0 Å².